The van der Waals surface area contributed by atoms with Crippen molar-refractivity contribution in [3.05, 3.63) is 54.1 Å². The van der Waals surface area contributed by atoms with Crippen molar-refractivity contribution in [2.24, 2.45) is 5.92 Å². The molecule has 0 saturated heterocycles. The van der Waals surface area contributed by atoms with Crippen LogP contribution in [0.5, 0.6) is 5.75 Å². The van der Waals surface area contributed by atoms with E-state index in [1.807, 2.05) is 30.3 Å². The number of anilines is 2. The molecule has 26 heavy (non-hydrogen) atoms. The predicted molar refractivity (Wildman–Crippen MR) is 102 cm³/mol. The number of rotatable bonds is 7. The minimum atomic E-state index is -0.245. The summed E-state index contributed by atoms with van der Waals surface area (Å²) in [7, 11) is 0. The van der Waals surface area contributed by atoms with Crippen LogP contribution >= 0.6 is 0 Å². The summed E-state index contributed by atoms with van der Waals surface area (Å²) in [6.07, 6.45) is 1.91. The molecule has 0 heterocycles. The van der Waals surface area contributed by atoms with Crippen molar-refractivity contribution in [3.8, 4) is 5.75 Å². The Morgan fingerprint density at radius 2 is 1.73 bits per heavy atom. The topological polar surface area (TPSA) is 67.4 Å². The van der Waals surface area contributed by atoms with Crippen LogP contribution in [0.25, 0.3) is 0 Å². The third-order valence-electron chi connectivity index (χ3n) is 4.26. The van der Waals surface area contributed by atoms with E-state index in [9.17, 15) is 9.59 Å². The first kappa shape index (κ1) is 18.0. The van der Waals surface area contributed by atoms with Crippen LogP contribution < -0.4 is 15.4 Å². The van der Waals surface area contributed by atoms with Crippen molar-refractivity contribution >= 4 is 23.2 Å². The Hall–Kier alpha value is -2.82. The Bertz CT molecular complexity index is 797. The molecule has 0 radical (unpaired) electrons. The van der Waals surface area contributed by atoms with Crippen LogP contribution in [0.1, 0.15) is 38.2 Å². The normalized spacial score (nSPS) is 13.3. The van der Waals surface area contributed by atoms with Crippen LogP contribution in [0, 0.1) is 5.92 Å². The number of nitrogens with one attached hydrogen (secondary N) is 2. The van der Waals surface area contributed by atoms with E-state index in [2.05, 4.69) is 24.5 Å². The molecule has 0 spiro atoms. The Kier molecular flexibility index (Phi) is 5.56. The molecule has 2 aromatic rings. The molecule has 136 valence electrons. The summed E-state index contributed by atoms with van der Waals surface area (Å²) in [4.78, 5) is 24.0. The molecule has 2 aromatic carbocycles. The zero-order chi connectivity index (χ0) is 18.5. The highest BCUT2D eigenvalue weighted by Gasteiger charge is 2.29. The van der Waals surface area contributed by atoms with E-state index in [4.69, 9.17) is 4.74 Å². The highest BCUT2D eigenvalue weighted by Crippen LogP contribution is 2.30. The maximum atomic E-state index is 12.1. The van der Waals surface area contributed by atoms with E-state index < -0.39 is 0 Å². The van der Waals surface area contributed by atoms with Gasteiger partial charge < -0.3 is 15.4 Å². The van der Waals surface area contributed by atoms with Crippen LogP contribution in [-0.2, 0) is 9.59 Å². The average Bonchev–Trinajstić information content (AvgIpc) is 3.46. The fourth-order valence-electron chi connectivity index (χ4n) is 2.57. The molecule has 3 rings (SSSR count). The average molecular weight is 352 g/mol. The fraction of sp³-hybridized carbons (Fsp3) is 0.333. The minimum absolute atomic E-state index is 0.0434. The Balaban J connectivity index is 1.53. The molecule has 0 aromatic heterocycles. The van der Waals surface area contributed by atoms with Gasteiger partial charge in [0, 0.05) is 17.3 Å². The molecule has 2 N–H and O–H groups in total. The molecule has 0 bridgehead atoms. The summed E-state index contributed by atoms with van der Waals surface area (Å²) < 4.78 is 5.58. The lowest BCUT2D eigenvalue weighted by atomic mass is 10.0. The van der Waals surface area contributed by atoms with E-state index in [1.54, 1.807) is 18.2 Å². The van der Waals surface area contributed by atoms with Gasteiger partial charge in [0.15, 0.2) is 6.61 Å². The maximum absolute atomic E-state index is 12.1. The molecule has 1 fully saturated rings. The summed E-state index contributed by atoms with van der Waals surface area (Å²) in [5, 5.41) is 5.66. The Morgan fingerprint density at radius 1 is 1.04 bits per heavy atom. The second kappa shape index (κ2) is 8.04. The van der Waals surface area contributed by atoms with E-state index in [1.165, 1.54) is 5.56 Å². The molecular formula is C21H24N2O3. The van der Waals surface area contributed by atoms with Gasteiger partial charge in [0.1, 0.15) is 5.75 Å². The van der Waals surface area contributed by atoms with E-state index >= 15 is 0 Å². The highest BCUT2D eigenvalue weighted by atomic mass is 16.5. The molecule has 1 aliphatic carbocycles. The fourth-order valence-corrected chi connectivity index (χ4v) is 2.57. The van der Waals surface area contributed by atoms with Crippen molar-refractivity contribution < 1.29 is 14.3 Å². The molecule has 1 aliphatic rings. The Morgan fingerprint density at radius 3 is 2.42 bits per heavy atom. The van der Waals surface area contributed by atoms with E-state index in [0.717, 1.165) is 12.8 Å². The second-order valence-corrected chi connectivity index (χ2v) is 6.91. The van der Waals surface area contributed by atoms with Crippen LogP contribution in [-0.4, -0.2) is 18.4 Å². The molecular weight excluding hydrogens is 328 g/mol. The first-order chi connectivity index (χ1) is 12.5. The van der Waals surface area contributed by atoms with E-state index in [-0.39, 0.29) is 24.3 Å². The summed E-state index contributed by atoms with van der Waals surface area (Å²) in [5.74, 6) is 1.02. The van der Waals surface area contributed by atoms with Gasteiger partial charge in [0.05, 0.1) is 0 Å². The summed E-state index contributed by atoms with van der Waals surface area (Å²) in [6.45, 7) is 4.15. The van der Waals surface area contributed by atoms with Crippen molar-refractivity contribution in [2.45, 2.75) is 32.6 Å². The van der Waals surface area contributed by atoms with Crippen molar-refractivity contribution in [1.29, 1.82) is 0 Å². The van der Waals surface area contributed by atoms with Gasteiger partial charge in [-0.05, 0) is 54.7 Å². The second-order valence-electron chi connectivity index (χ2n) is 6.91. The van der Waals surface area contributed by atoms with Gasteiger partial charge in [-0.3, -0.25) is 9.59 Å². The zero-order valence-corrected chi connectivity index (χ0v) is 15.1. The molecule has 5 nitrogen and oxygen atoms in total. The van der Waals surface area contributed by atoms with Gasteiger partial charge in [-0.1, -0.05) is 32.0 Å². The first-order valence-corrected chi connectivity index (χ1v) is 8.95. The van der Waals surface area contributed by atoms with Crippen LogP contribution in [0.3, 0.4) is 0 Å². The quantitative estimate of drug-likeness (QED) is 0.786. The smallest absolute Gasteiger partial charge is 0.262 e. The van der Waals surface area contributed by atoms with Crippen molar-refractivity contribution in [2.75, 3.05) is 17.2 Å². The zero-order valence-electron chi connectivity index (χ0n) is 15.1. The predicted octanol–water partition coefficient (Wildman–Crippen LogP) is 4.18. The lowest BCUT2D eigenvalue weighted by Gasteiger charge is -2.11. The van der Waals surface area contributed by atoms with Crippen molar-refractivity contribution in [3.63, 3.8) is 0 Å². The Labute approximate surface area is 153 Å². The lowest BCUT2D eigenvalue weighted by molar-refractivity contribution is -0.118. The van der Waals surface area contributed by atoms with Crippen LogP contribution in [0.15, 0.2) is 48.5 Å². The van der Waals surface area contributed by atoms with Gasteiger partial charge in [0.25, 0.3) is 5.91 Å². The molecule has 2 amide bonds. The molecule has 5 heteroatoms. The van der Waals surface area contributed by atoms with Gasteiger partial charge in [-0.15, -0.1) is 0 Å². The largest absolute Gasteiger partial charge is 0.484 e. The number of benzene rings is 2. The maximum Gasteiger partial charge on any atom is 0.262 e. The number of carbonyl (C=O) groups excluding carboxylic acids is 2. The van der Waals surface area contributed by atoms with Crippen LogP contribution in [0.4, 0.5) is 11.4 Å². The molecule has 0 unspecified atom stereocenters. The number of hydrogen-bond donors (Lipinski definition) is 2. The van der Waals surface area contributed by atoms with Gasteiger partial charge in [-0.2, -0.15) is 0 Å². The van der Waals surface area contributed by atoms with Crippen molar-refractivity contribution in [1.82, 2.24) is 0 Å². The monoisotopic (exact) mass is 352 g/mol. The summed E-state index contributed by atoms with van der Waals surface area (Å²) in [6, 6.07) is 14.9. The van der Waals surface area contributed by atoms with Crippen LogP contribution in [0.2, 0.25) is 0 Å². The third kappa shape index (κ3) is 5.09. The SMILES string of the molecule is CC(C)c1cccc(OCC(=O)Nc2cccc(NC(=O)C3CC3)c2)c1. The molecule has 0 aliphatic heterocycles. The number of amides is 2. The first-order valence-electron chi connectivity index (χ1n) is 8.95. The summed E-state index contributed by atoms with van der Waals surface area (Å²) >= 11 is 0. The number of ether oxygens (including phenoxy) is 1. The standard InChI is InChI=1S/C21H24N2O3/c1-14(2)16-5-3-8-19(11-16)26-13-20(24)22-17-6-4-7-18(12-17)23-21(25)15-9-10-15/h3-8,11-12,14-15H,9-10,13H2,1-2H3,(H,22,24)(H,23,25). The molecule has 1 saturated carbocycles. The number of carbonyl (C=O) groups is 2. The minimum Gasteiger partial charge on any atom is -0.484 e. The van der Waals surface area contributed by atoms with Gasteiger partial charge in [0.2, 0.25) is 5.91 Å². The molecule has 0 atom stereocenters. The highest BCUT2D eigenvalue weighted by molar-refractivity contribution is 5.96. The van der Waals surface area contributed by atoms with E-state index in [0.29, 0.717) is 23.0 Å². The third-order valence-corrected chi connectivity index (χ3v) is 4.26. The number of hydrogen-bond acceptors (Lipinski definition) is 3. The summed E-state index contributed by atoms with van der Waals surface area (Å²) in [5.41, 5.74) is 2.48. The lowest BCUT2D eigenvalue weighted by Crippen LogP contribution is -2.20. The van der Waals surface area contributed by atoms with Gasteiger partial charge >= 0.3 is 0 Å². The van der Waals surface area contributed by atoms with Gasteiger partial charge in [-0.25, -0.2) is 0 Å².